The molecule has 0 aliphatic heterocycles. The van der Waals surface area contributed by atoms with Crippen LogP contribution in [0.5, 0.6) is 0 Å². The van der Waals surface area contributed by atoms with Crippen LogP contribution in [0.25, 0.3) is 10.9 Å². The van der Waals surface area contributed by atoms with Gasteiger partial charge in [-0.3, -0.25) is 0 Å². The summed E-state index contributed by atoms with van der Waals surface area (Å²) in [5.74, 6) is 0.343. The van der Waals surface area contributed by atoms with Crippen molar-refractivity contribution >= 4 is 16.9 Å². The third-order valence-corrected chi connectivity index (χ3v) is 4.46. The Morgan fingerprint density at radius 2 is 2.29 bits per heavy atom. The first-order valence-corrected chi connectivity index (χ1v) is 7.49. The SMILES string of the molecule is COC(=O)c1cccc2c3c(n(CCO)c12)CCC(C)C3. The Kier molecular flexibility index (Phi) is 3.72. The molecule has 4 heteroatoms. The minimum atomic E-state index is -0.317. The molecule has 1 N–H and O–H groups in total. The second kappa shape index (κ2) is 5.53. The van der Waals surface area contributed by atoms with Crippen LogP contribution in [0, 0.1) is 5.92 Å². The van der Waals surface area contributed by atoms with Gasteiger partial charge in [-0.25, -0.2) is 4.79 Å². The maximum absolute atomic E-state index is 12.1. The molecule has 3 rings (SSSR count). The van der Waals surface area contributed by atoms with Gasteiger partial charge in [0.2, 0.25) is 0 Å². The van der Waals surface area contributed by atoms with Gasteiger partial charge in [0.15, 0.2) is 0 Å². The van der Waals surface area contributed by atoms with Gasteiger partial charge in [-0.15, -0.1) is 0 Å². The molecule has 1 aromatic carbocycles. The Labute approximate surface area is 124 Å². The zero-order valence-corrected chi connectivity index (χ0v) is 12.6. The Balaban J connectivity index is 2.31. The number of ether oxygens (including phenoxy) is 1. The third-order valence-electron chi connectivity index (χ3n) is 4.46. The third kappa shape index (κ3) is 2.23. The fourth-order valence-corrected chi connectivity index (χ4v) is 3.50. The van der Waals surface area contributed by atoms with Crippen molar-refractivity contribution in [2.24, 2.45) is 5.92 Å². The summed E-state index contributed by atoms with van der Waals surface area (Å²) in [5.41, 5.74) is 4.11. The normalized spacial score (nSPS) is 17.8. The molecule has 0 saturated heterocycles. The van der Waals surface area contributed by atoms with E-state index in [0.717, 1.165) is 30.2 Å². The Morgan fingerprint density at radius 3 is 3.00 bits per heavy atom. The van der Waals surface area contributed by atoms with Crippen LogP contribution in [0.2, 0.25) is 0 Å². The van der Waals surface area contributed by atoms with Gasteiger partial charge in [-0.05, 0) is 36.8 Å². The van der Waals surface area contributed by atoms with Gasteiger partial charge in [-0.2, -0.15) is 0 Å². The van der Waals surface area contributed by atoms with Gasteiger partial charge in [0.25, 0.3) is 0 Å². The minimum absolute atomic E-state index is 0.0707. The highest BCUT2D eigenvalue weighted by atomic mass is 16.5. The van der Waals surface area contributed by atoms with Crippen LogP contribution in [0.1, 0.15) is 35.0 Å². The zero-order valence-electron chi connectivity index (χ0n) is 12.6. The summed E-state index contributed by atoms with van der Waals surface area (Å²) in [5, 5.41) is 10.5. The van der Waals surface area contributed by atoms with Crippen LogP contribution >= 0.6 is 0 Å². The second-order valence-electron chi connectivity index (χ2n) is 5.84. The predicted octanol–water partition coefficient (Wildman–Crippen LogP) is 2.55. The molecule has 4 nitrogen and oxygen atoms in total. The lowest BCUT2D eigenvalue weighted by Gasteiger charge is -2.20. The molecule has 1 aliphatic rings. The summed E-state index contributed by atoms with van der Waals surface area (Å²) in [6.07, 6.45) is 3.20. The molecular weight excluding hydrogens is 266 g/mol. The molecule has 1 atom stereocenters. The van der Waals surface area contributed by atoms with Gasteiger partial charge in [0.05, 0.1) is 24.8 Å². The number of aliphatic hydroxyl groups is 1. The van der Waals surface area contributed by atoms with Crippen LogP contribution in [-0.2, 0) is 24.1 Å². The summed E-state index contributed by atoms with van der Waals surface area (Å²) >= 11 is 0. The van der Waals surface area contributed by atoms with Crippen molar-refractivity contribution in [2.75, 3.05) is 13.7 Å². The average molecular weight is 287 g/mol. The van der Waals surface area contributed by atoms with Crippen molar-refractivity contribution < 1.29 is 14.6 Å². The number of carbonyl (C=O) groups excluding carboxylic acids is 1. The molecule has 0 saturated carbocycles. The standard InChI is InChI=1S/C17H21NO3/c1-11-6-7-15-14(10-11)12-4-3-5-13(17(20)21-2)16(12)18(15)8-9-19/h3-5,11,19H,6-10H2,1-2H3. The number of para-hydroxylation sites is 1. The molecular formula is C17H21NO3. The first-order valence-electron chi connectivity index (χ1n) is 7.49. The van der Waals surface area contributed by atoms with E-state index in [1.807, 2.05) is 6.07 Å². The monoisotopic (exact) mass is 287 g/mol. The fourth-order valence-electron chi connectivity index (χ4n) is 3.50. The smallest absolute Gasteiger partial charge is 0.340 e. The number of hydrogen-bond acceptors (Lipinski definition) is 3. The summed E-state index contributed by atoms with van der Waals surface area (Å²) in [6.45, 7) is 2.86. The number of nitrogens with zero attached hydrogens (tertiary/aromatic N) is 1. The quantitative estimate of drug-likeness (QED) is 0.883. The molecule has 112 valence electrons. The van der Waals surface area contributed by atoms with E-state index < -0.39 is 0 Å². The van der Waals surface area contributed by atoms with E-state index in [1.54, 1.807) is 6.07 Å². The predicted molar refractivity (Wildman–Crippen MR) is 81.6 cm³/mol. The van der Waals surface area contributed by atoms with Gasteiger partial charge in [0, 0.05) is 17.6 Å². The maximum Gasteiger partial charge on any atom is 0.340 e. The van der Waals surface area contributed by atoms with Crippen LogP contribution in [0.4, 0.5) is 0 Å². The van der Waals surface area contributed by atoms with E-state index in [9.17, 15) is 9.90 Å². The highest BCUT2D eigenvalue weighted by Gasteiger charge is 2.25. The largest absolute Gasteiger partial charge is 0.465 e. The lowest BCUT2D eigenvalue weighted by atomic mass is 9.87. The van der Waals surface area contributed by atoms with E-state index in [0.29, 0.717) is 18.0 Å². The highest BCUT2D eigenvalue weighted by molar-refractivity contribution is 6.04. The Morgan fingerprint density at radius 1 is 1.48 bits per heavy atom. The van der Waals surface area contributed by atoms with Crippen LogP contribution in [-0.4, -0.2) is 29.4 Å². The van der Waals surface area contributed by atoms with Gasteiger partial charge < -0.3 is 14.4 Å². The lowest BCUT2D eigenvalue weighted by molar-refractivity contribution is 0.0602. The van der Waals surface area contributed by atoms with Crippen molar-refractivity contribution in [3.63, 3.8) is 0 Å². The first kappa shape index (κ1) is 14.1. The van der Waals surface area contributed by atoms with Crippen molar-refractivity contribution in [3.8, 4) is 0 Å². The summed E-state index contributed by atoms with van der Waals surface area (Å²) in [7, 11) is 1.41. The summed E-state index contributed by atoms with van der Waals surface area (Å²) in [4.78, 5) is 12.1. The number of aliphatic hydroxyl groups excluding tert-OH is 1. The van der Waals surface area contributed by atoms with Crippen LogP contribution < -0.4 is 0 Å². The maximum atomic E-state index is 12.1. The van der Waals surface area contributed by atoms with Crippen LogP contribution in [0.3, 0.4) is 0 Å². The highest BCUT2D eigenvalue weighted by Crippen LogP contribution is 2.35. The van der Waals surface area contributed by atoms with Crippen molar-refractivity contribution in [1.82, 2.24) is 4.57 Å². The second-order valence-corrected chi connectivity index (χ2v) is 5.84. The zero-order chi connectivity index (χ0) is 15.0. The Hall–Kier alpha value is -1.81. The minimum Gasteiger partial charge on any atom is -0.465 e. The Bertz CT molecular complexity index is 687. The number of aromatic nitrogens is 1. The number of hydrogen-bond donors (Lipinski definition) is 1. The van der Waals surface area contributed by atoms with E-state index in [-0.39, 0.29) is 12.6 Å². The number of fused-ring (bicyclic) bond motifs is 3. The molecule has 0 radical (unpaired) electrons. The summed E-state index contributed by atoms with van der Waals surface area (Å²) in [6, 6.07) is 5.79. The fraction of sp³-hybridized carbons (Fsp3) is 0.471. The molecule has 2 aromatic rings. The van der Waals surface area contributed by atoms with Gasteiger partial charge in [-0.1, -0.05) is 19.1 Å². The van der Waals surface area contributed by atoms with E-state index >= 15 is 0 Å². The molecule has 0 bridgehead atoms. The topological polar surface area (TPSA) is 51.5 Å². The molecule has 1 heterocycles. The molecule has 0 spiro atoms. The number of esters is 1. The van der Waals surface area contributed by atoms with Crippen molar-refractivity contribution in [3.05, 3.63) is 35.0 Å². The molecule has 0 fully saturated rings. The number of methoxy groups -OCH3 is 1. The first-order chi connectivity index (χ1) is 10.2. The molecule has 0 amide bonds. The molecule has 21 heavy (non-hydrogen) atoms. The van der Waals surface area contributed by atoms with Crippen molar-refractivity contribution in [2.45, 2.75) is 32.7 Å². The molecule has 1 unspecified atom stereocenters. The lowest BCUT2D eigenvalue weighted by Crippen LogP contribution is -2.15. The average Bonchev–Trinajstić information content (AvgIpc) is 2.81. The van der Waals surface area contributed by atoms with E-state index in [4.69, 9.17) is 4.74 Å². The van der Waals surface area contributed by atoms with E-state index in [2.05, 4.69) is 17.6 Å². The molecule has 1 aliphatic carbocycles. The van der Waals surface area contributed by atoms with Gasteiger partial charge in [0.1, 0.15) is 0 Å². The van der Waals surface area contributed by atoms with Gasteiger partial charge >= 0.3 is 5.97 Å². The number of carbonyl (C=O) groups is 1. The number of rotatable bonds is 3. The summed E-state index contributed by atoms with van der Waals surface area (Å²) < 4.78 is 7.03. The van der Waals surface area contributed by atoms with Crippen molar-refractivity contribution in [1.29, 1.82) is 0 Å². The molecule has 1 aromatic heterocycles. The van der Waals surface area contributed by atoms with E-state index in [1.165, 1.54) is 18.4 Å². The number of benzene rings is 1. The van der Waals surface area contributed by atoms with Crippen LogP contribution in [0.15, 0.2) is 18.2 Å².